The molecule has 2 aromatic rings. The number of aliphatic imine (C=N–C) groups is 1. The van der Waals surface area contributed by atoms with E-state index in [0.717, 1.165) is 5.56 Å². The molecule has 30 heavy (non-hydrogen) atoms. The maximum absolute atomic E-state index is 14.0. The highest BCUT2D eigenvalue weighted by atomic mass is 35.5. The van der Waals surface area contributed by atoms with Crippen molar-refractivity contribution in [1.29, 1.82) is 0 Å². The Morgan fingerprint density at radius 1 is 1.43 bits per heavy atom. The van der Waals surface area contributed by atoms with Crippen LogP contribution in [0.15, 0.2) is 29.4 Å². The van der Waals surface area contributed by atoms with Crippen molar-refractivity contribution < 1.29 is 14.0 Å². The van der Waals surface area contributed by atoms with Crippen molar-refractivity contribution in [3.8, 4) is 0 Å². The van der Waals surface area contributed by atoms with E-state index in [-0.39, 0.29) is 48.1 Å². The zero-order valence-corrected chi connectivity index (χ0v) is 17.4. The minimum absolute atomic E-state index is 0.00991. The monoisotopic (exact) mass is 435 g/mol. The van der Waals surface area contributed by atoms with Gasteiger partial charge in [0.25, 0.3) is 0 Å². The van der Waals surface area contributed by atoms with Gasteiger partial charge >= 0.3 is 0 Å². The van der Waals surface area contributed by atoms with Crippen LogP contribution >= 0.6 is 11.6 Å². The van der Waals surface area contributed by atoms with Crippen LogP contribution in [0.2, 0.25) is 5.02 Å². The second-order valence-corrected chi connectivity index (χ2v) is 7.54. The number of carbonyl (C=O) groups excluding carboxylic acids is 2. The summed E-state index contributed by atoms with van der Waals surface area (Å²) in [5.74, 6) is -0.414. The van der Waals surface area contributed by atoms with Gasteiger partial charge in [-0.2, -0.15) is 5.10 Å². The van der Waals surface area contributed by atoms with Crippen LogP contribution in [0.5, 0.6) is 0 Å². The number of nitrogens with two attached hydrogens (primary N) is 1. The van der Waals surface area contributed by atoms with Gasteiger partial charge in [0.2, 0.25) is 11.8 Å². The molecule has 1 aromatic heterocycles. The first-order valence-electron chi connectivity index (χ1n) is 9.37. The highest BCUT2D eigenvalue weighted by molar-refractivity contribution is 6.30. The van der Waals surface area contributed by atoms with Crippen molar-refractivity contribution in [2.24, 2.45) is 10.7 Å². The molecule has 0 saturated heterocycles. The number of nitrogens with one attached hydrogen (secondary N) is 2. The third-order valence-electron chi connectivity index (χ3n) is 4.57. The Hall–Kier alpha value is -3.14. The Morgan fingerprint density at radius 3 is 2.93 bits per heavy atom. The van der Waals surface area contributed by atoms with E-state index in [1.807, 2.05) is 13.8 Å². The first kappa shape index (κ1) is 21.6. The summed E-state index contributed by atoms with van der Waals surface area (Å²) < 4.78 is 15.4. The number of amides is 2. The predicted molar refractivity (Wildman–Crippen MR) is 111 cm³/mol. The highest BCUT2D eigenvalue weighted by Gasteiger charge is 2.22. The zero-order chi connectivity index (χ0) is 21.8. The van der Waals surface area contributed by atoms with Gasteiger partial charge < -0.3 is 21.3 Å². The number of hydrogen-bond donors (Lipinski definition) is 3. The lowest BCUT2D eigenvalue weighted by Gasteiger charge is -2.26. The molecule has 0 unspecified atom stereocenters. The maximum Gasteiger partial charge on any atom is 0.245 e. The van der Waals surface area contributed by atoms with Gasteiger partial charge in [-0.3, -0.25) is 14.3 Å². The molecule has 2 heterocycles. The molecule has 0 spiro atoms. The molecule has 0 bridgehead atoms. The van der Waals surface area contributed by atoms with Gasteiger partial charge in [0.15, 0.2) is 11.8 Å². The molecule has 1 aliphatic heterocycles. The molecule has 1 aromatic carbocycles. The van der Waals surface area contributed by atoms with Crippen LogP contribution in [0.25, 0.3) is 0 Å². The summed E-state index contributed by atoms with van der Waals surface area (Å²) in [6.07, 6.45) is 1.72. The van der Waals surface area contributed by atoms with Crippen molar-refractivity contribution in [2.45, 2.75) is 39.5 Å². The van der Waals surface area contributed by atoms with Crippen LogP contribution in [-0.4, -0.2) is 45.0 Å². The van der Waals surface area contributed by atoms with Crippen molar-refractivity contribution in [3.63, 3.8) is 0 Å². The molecule has 1 aliphatic rings. The van der Waals surface area contributed by atoms with E-state index < -0.39 is 11.7 Å². The molecule has 2 amide bonds. The van der Waals surface area contributed by atoms with E-state index in [0.29, 0.717) is 12.4 Å². The number of aromatic nitrogens is 2. The number of carbonyl (C=O) groups is 2. The van der Waals surface area contributed by atoms with Crippen molar-refractivity contribution >= 4 is 35.2 Å². The van der Waals surface area contributed by atoms with Crippen LogP contribution < -0.4 is 16.4 Å². The summed E-state index contributed by atoms with van der Waals surface area (Å²) in [6, 6.07) is 4.36. The zero-order valence-electron chi connectivity index (χ0n) is 16.7. The van der Waals surface area contributed by atoms with E-state index in [9.17, 15) is 14.0 Å². The smallest absolute Gasteiger partial charge is 0.245 e. The maximum atomic E-state index is 14.0. The van der Waals surface area contributed by atoms with E-state index in [1.165, 1.54) is 21.7 Å². The fourth-order valence-electron chi connectivity index (χ4n) is 2.97. The van der Waals surface area contributed by atoms with E-state index >= 15 is 0 Å². The molecule has 0 radical (unpaired) electrons. The number of nitrogens with zero attached hydrogens (tertiary/aromatic N) is 4. The quantitative estimate of drug-likeness (QED) is 0.608. The summed E-state index contributed by atoms with van der Waals surface area (Å²) in [5.41, 5.74) is 6.73. The SMILES string of the molecule is CC(C)N(CC(=O)NCc1cccc(Cl)c1F)C(=O)Cn1cc2c(n1)NC(N)=NC2. The van der Waals surface area contributed by atoms with Gasteiger partial charge in [-0.05, 0) is 19.9 Å². The standard InChI is InChI=1S/C19H23ClFN7O2/c1-11(2)28(9-15(29)23-6-12-4-3-5-14(20)17(12)21)16(30)10-27-8-13-7-24-19(22)25-18(13)26-27/h3-5,8,11H,6-7,9-10H2,1-2H3,(H,23,29)(H3,22,24,25,26). The molecule has 0 saturated carbocycles. The molecular formula is C19H23ClFN7O2. The topological polar surface area (TPSA) is 118 Å². The lowest BCUT2D eigenvalue weighted by Crippen LogP contribution is -2.45. The molecule has 9 nitrogen and oxygen atoms in total. The van der Waals surface area contributed by atoms with Gasteiger partial charge in [0, 0.05) is 29.9 Å². The van der Waals surface area contributed by atoms with Gasteiger partial charge in [0.05, 0.1) is 18.1 Å². The third-order valence-corrected chi connectivity index (χ3v) is 4.86. The highest BCUT2D eigenvalue weighted by Crippen LogP contribution is 2.18. The Balaban J connectivity index is 1.59. The van der Waals surface area contributed by atoms with E-state index in [1.54, 1.807) is 12.3 Å². The normalized spacial score (nSPS) is 12.8. The minimum atomic E-state index is -0.572. The second-order valence-electron chi connectivity index (χ2n) is 7.13. The number of anilines is 1. The van der Waals surface area contributed by atoms with Crippen LogP contribution in [0, 0.1) is 5.82 Å². The molecule has 11 heteroatoms. The summed E-state index contributed by atoms with van der Waals surface area (Å²) in [7, 11) is 0. The van der Waals surface area contributed by atoms with Crippen molar-refractivity contribution in [2.75, 3.05) is 11.9 Å². The largest absolute Gasteiger partial charge is 0.370 e. The molecule has 160 valence electrons. The number of rotatable bonds is 7. The minimum Gasteiger partial charge on any atom is -0.370 e. The third kappa shape index (κ3) is 5.07. The lowest BCUT2D eigenvalue weighted by atomic mass is 10.2. The van der Waals surface area contributed by atoms with Gasteiger partial charge in [-0.1, -0.05) is 23.7 Å². The van der Waals surface area contributed by atoms with Gasteiger partial charge in [-0.25, -0.2) is 9.38 Å². The van der Waals surface area contributed by atoms with Crippen LogP contribution in [0.1, 0.15) is 25.0 Å². The van der Waals surface area contributed by atoms with E-state index in [4.69, 9.17) is 17.3 Å². The molecular weight excluding hydrogens is 413 g/mol. The number of fused-ring (bicyclic) bond motifs is 1. The fourth-order valence-corrected chi connectivity index (χ4v) is 3.17. The van der Waals surface area contributed by atoms with Crippen LogP contribution in [0.4, 0.5) is 10.2 Å². The van der Waals surface area contributed by atoms with E-state index in [2.05, 4.69) is 20.7 Å². The number of guanidine groups is 1. The van der Waals surface area contributed by atoms with Crippen molar-refractivity contribution in [1.82, 2.24) is 20.0 Å². The van der Waals surface area contributed by atoms with Crippen LogP contribution in [-0.2, 0) is 29.2 Å². The first-order chi connectivity index (χ1) is 14.2. The molecule has 0 atom stereocenters. The predicted octanol–water partition coefficient (Wildman–Crippen LogP) is 1.47. The average Bonchev–Trinajstić information content (AvgIpc) is 3.08. The number of halogens is 2. The number of benzene rings is 1. The average molecular weight is 436 g/mol. The van der Waals surface area contributed by atoms with Gasteiger partial charge in [0.1, 0.15) is 12.4 Å². The molecule has 3 rings (SSSR count). The summed E-state index contributed by atoms with van der Waals surface area (Å²) >= 11 is 5.75. The first-order valence-corrected chi connectivity index (χ1v) is 9.74. The second kappa shape index (κ2) is 9.12. The van der Waals surface area contributed by atoms with Gasteiger partial charge in [-0.15, -0.1) is 0 Å². The lowest BCUT2D eigenvalue weighted by molar-refractivity contribution is -0.138. The molecule has 0 fully saturated rings. The number of hydrogen-bond acceptors (Lipinski definition) is 6. The Kier molecular flexibility index (Phi) is 6.56. The molecule has 4 N–H and O–H groups in total. The summed E-state index contributed by atoms with van der Waals surface area (Å²) in [6.45, 7) is 3.79. The van der Waals surface area contributed by atoms with Crippen molar-refractivity contribution in [3.05, 3.63) is 46.4 Å². The Labute approximate surface area is 178 Å². The Morgan fingerprint density at radius 2 is 2.20 bits per heavy atom. The fraction of sp³-hybridized carbons (Fsp3) is 0.368. The summed E-state index contributed by atoms with van der Waals surface area (Å²) in [5, 5.41) is 9.76. The van der Waals surface area contributed by atoms with Crippen LogP contribution in [0.3, 0.4) is 0 Å². The Bertz CT molecular complexity index is 989. The molecule has 0 aliphatic carbocycles. The summed E-state index contributed by atoms with van der Waals surface area (Å²) in [4.78, 5) is 30.6.